The van der Waals surface area contributed by atoms with Crippen LogP contribution in [0, 0.1) is 5.92 Å². The predicted octanol–water partition coefficient (Wildman–Crippen LogP) is 15.0. The molecule has 0 aliphatic heterocycles. The molecule has 0 nitrogen and oxygen atoms in total. The Bertz CT molecular complexity index is 65.4. The summed E-state index contributed by atoms with van der Waals surface area (Å²) in [5.41, 5.74) is 0. The third-order valence-corrected chi connectivity index (χ3v) is 1.89. The van der Waals surface area contributed by atoms with Gasteiger partial charge < -0.3 is 0 Å². The minimum Gasteiger partial charge on any atom is -0.0683 e. The molecule has 0 unspecified atom stereocenters. The molecule has 0 spiro atoms. The monoisotopic (exact) mass is 471 g/mol. The Morgan fingerprint density at radius 2 is 0.469 bits per heavy atom. The summed E-state index contributed by atoms with van der Waals surface area (Å²) < 4.78 is 0. The number of hydrogen-bond acceptors (Lipinski definition) is 0. The third kappa shape index (κ3) is 394. The van der Waals surface area contributed by atoms with Gasteiger partial charge in [-0.2, -0.15) is 0 Å². The lowest BCUT2D eigenvalue weighted by atomic mass is 9.91. The predicted molar refractivity (Wildman–Crippen MR) is 171 cm³/mol. The first-order valence-corrected chi connectivity index (χ1v) is 15.6. The lowest BCUT2D eigenvalue weighted by molar-refractivity contribution is 0.385. The molecule has 1 fully saturated rings. The molecule has 32 heavy (non-hydrogen) atoms. The molecule has 0 atom stereocenters. The van der Waals surface area contributed by atoms with Gasteiger partial charge in [0.2, 0.25) is 0 Å². The average molecular weight is 471 g/mol. The largest absolute Gasteiger partial charge is 0.0683 e. The topological polar surface area (TPSA) is 0 Å². The quantitative estimate of drug-likeness (QED) is 0.330. The van der Waals surface area contributed by atoms with Crippen molar-refractivity contribution < 1.29 is 0 Å². The summed E-state index contributed by atoms with van der Waals surface area (Å²) in [6.45, 7) is 47.1. The van der Waals surface area contributed by atoms with Crippen LogP contribution in [-0.4, -0.2) is 0 Å². The van der Waals surface area contributed by atoms with Gasteiger partial charge in [-0.25, -0.2) is 0 Å². The van der Waals surface area contributed by atoms with Crippen LogP contribution in [0.25, 0.3) is 0 Å². The Labute approximate surface area is 216 Å². The summed E-state index contributed by atoms with van der Waals surface area (Å²) >= 11 is 0. The molecule has 0 heterocycles. The standard InChI is InChI=1S/C7H14.3C3H8.8C2H6/c1-7-5-3-2-4-6-7;3*1-3-2;8*1-2/h7H,2-6H2,1H3;3*3H2,1-2H3;8*1-2H3. The van der Waals surface area contributed by atoms with Gasteiger partial charge in [-0.1, -0.05) is 211 Å². The summed E-state index contributed by atoms with van der Waals surface area (Å²) in [5.74, 6) is 1.04. The molecule has 0 heteroatoms. The summed E-state index contributed by atoms with van der Waals surface area (Å²) in [4.78, 5) is 0. The van der Waals surface area contributed by atoms with Crippen LogP contribution in [0.3, 0.4) is 0 Å². The van der Waals surface area contributed by atoms with E-state index >= 15 is 0 Å². The van der Waals surface area contributed by atoms with Crippen LogP contribution in [0.1, 0.15) is 211 Å². The van der Waals surface area contributed by atoms with Gasteiger partial charge in [-0.3, -0.25) is 0 Å². The van der Waals surface area contributed by atoms with Crippen LogP contribution >= 0.6 is 0 Å². The molecule has 0 N–H and O–H groups in total. The van der Waals surface area contributed by atoms with Crippen LogP contribution in [0.15, 0.2) is 0 Å². The van der Waals surface area contributed by atoms with E-state index < -0.39 is 0 Å². The lowest BCUT2D eigenvalue weighted by Crippen LogP contribution is -1.99. The molecular formula is C32H86. The molecule has 0 amide bonds. The fourth-order valence-electron chi connectivity index (χ4n) is 1.31. The summed E-state index contributed by atoms with van der Waals surface area (Å²) in [7, 11) is 0. The summed E-state index contributed by atoms with van der Waals surface area (Å²) in [6.07, 6.45) is 11.2. The van der Waals surface area contributed by atoms with E-state index in [0.29, 0.717) is 0 Å². The van der Waals surface area contributed by atoms with Crippen molar-refractivity contribution in [3.05, 3.63) is 0 Å². The van der Waals surface area contributed by atoms with Crippen molar-refractivity contribution in [1.29, 1.82) is 0 Å². The van der Waals surface area contributed by atoms with E-state index in [1.54, 1.807) is 0 Å². The molecule has 1 aliphatic carbocycles. The first-order chi connectivity index (χ1) is 15.6. The Kier molecular flexibility index (Phi) is 502. The van der Waals surface area contributed by atoms with Crippen LogP contribution in [0.5, 0.6) is 0 Å². The molecule has 0 aromatic carbocycles. The number of rotatable bonds is 0. The molecule has 0 radical (unpaired) electrons. The molecule has 0 bridgehead atoms. The van der Waals surface area contributed by atoms with Gasteiger partial charge in [0.25, 0.3) is 0 Å². The molecule has 1 rings (SSSR count). The zero-order valence-electron chi connectivity index (χ0n) is 29.2. The van der Waals surface area contributed by atoms with Gasteiger partial charge in [0.15, 0.2) is 0 Å². The highest BCUT2D eigenvalue weighted by molar-refractivity contribution is 4.59. The van der Waals surface area contributed by atoms with Gasteiger partial charge >= 0.3 is 0 Å². The van der Waals surface area contributed by atoms with Crippen molar-refractivity contribution in [3.8, 4) is 0 Å². The molecule has 1 saturated carbocycles. The molecular weight excluding hydrogens is 384 g/mol. The average Bonchev–Trinajstić information content (AvgIpc) is 2.91. The first-order valence-electron chi connectivity index (χ1n) is 15.6. The minimum absolute atomic E-state index is 1.04. The second kappa shape index (κ2) is 231. The van der Waals surface area contributed by atoms with Crippen molar-refractivity contribution >= 4 is 0 Å². The second-order valence-corrected chi connectivity index (χ2v) is 4.86. The van der Waals surface area contributed by atoms with Crippen molar-refractivity contribution in [2.75, 3.05) is 0 Å². The maximum Gasteiger partial charge on any atom is -0.0443 e. The highest BCUT2D eigenvalue weighted by atomic mass is 14.1. The van der Waals surface area contributed by atoms with E-state index in [1.807, 2.05) is 111 Å². The van der Waals surface area contributed by atoms with Gasteiger partial charge in [0.05, 0.1) is 0 Å². The van der Waals surface area contributed by atoms with Gasteiger partial charge in [0, 0.05) is 0 Å². The minimum atomic E-state index is 1.04. The molecule has 0 saturated heterocycles. The zero-order valence-corrected chi connectivity index (χ0v) is 29.2. The highest BCUT2D eigenvalue weighted by Crippen LogP contribution is 2.22. The van der Waals surface area contributed by atoms with Crippen LogP contribution in [-0.2, 0) is 0 Å². The van der Waals surface area contributed by atoms with E-state index in [2.05, 4.69) is 48.5 Å². The zero-order chi connectivity index (χ0) is 29.2. The maximum atomic E-state index is 2.36. The number of hydrogen-bond donors (Lipinski definition) is 0. The smallest absolute Gasteiger partial charge is 0.0443 e. The molecule has 0 aromatic heterocycles. The van der Waals surface area contributed by atoms with E-state index in [0.717, 1.165) is 5.92 Å². The van der Waals surface area contributed by atoms with E-state index in [4.69, 9.17) is 0 Å². The molecule has 1 aliphatic rings. The van der Waals surface area contributed by atoms with Crippen molar-refractivity contribution in [2.24, 2.45) is 5.92 Å². The van der Waals surface area contributed by atoms with Gasteiger partial charge in [0.1, 0.15) is 0 Å². The van der Waals surface area contributed by atoms with Crippen molar-refractivity contribution in [1.82, 2.24) is 0 Å². The molecule has 0 aromatic rings. The van der Waals surface area contributed by atoms with E-state index in [9.17, 15) is 0 Å². The third-order valence-electron chi connectivity index (χ3n) is 1.89. The lowest BCUT2D eigenvalue weighted by Gasteiger charge is -2.15. The van der Waals surface area contributed by atoms with Crippen LogP contribution in [0.2, 0.25) is 0 Å². The normalized spacial score (nSPS) is 8.72. The van der Waals surface area contributed by atoms with E-state index in [1.165, 1.54) is 51.4 Å². The van der Waals surface area contributed by atoms with Gasteiger partial charge in [-0.15, -0.1) is 0 Å². The Balaban J connectivity index is -0.0000000176. The van der Waals surface area contributed by atoms with E-state index in [-0.39, 0.29) is 0 Å². The van der Waals surface area contributed by atoms with Gasteiger partial charge in [-0.05, 0) is 5.92 Å². The van der Waals surface area contributed by atoms with Crippen LogP contribution in [0.4, 0.5) is 0 Å². The van der Waals surface area contributed by atoms with Crippen molar-refractivity contribution in [3.63, 3.8) is 0 Å². The Morgan fingerprint density at radius 3 is 0.531 bits per heavy atom. The maximum absolute atomic E-state index is 2.36. The second-order valence-electron chi connectivity index (χ2n) is 4.86. The van der Waals surface area contributed by atoms with Crippen molar-refractivity contribution in [2.45, 2.75) is 211 Å². The fourth-order valence-corrected chi connectivity index (χ4v) is 1.31. The Morgan fingerprint density at radius 1 is 0.344 bits per heavy atom. The SMILES string of the molecule is CC.CC.CC.CC.CC.CC.CC.CC.CC1CCCCC1.CCC.CCC.CCC. The Hall–Kier alpha value is 0. The highest BCUT2D eigenvalue weighted by Gasteiger charge is 2.05. The molecule has 214 valence electrons. The van der Waals surface area contributed by atoms with Crippen LogP contribution < -0.4 is 0 Å². The summed E-state index contributed by atoms with van der Waals surface area (Å²) in [5, 5.41) is 0. The first kappa shape index (κ1) is 69.7. The fraction of sp³-hybridized carbons (Fsp3) is 1.00. The summed E-state index contributed by atoms with van der Waals surface area (Å²) in [6, 6.07) is 0.